The quantitative estimate of drug-likeness (QED) is 0.341. The number of carbonyl (C=O) groups is 2. The smallest absolute Gasteiger partial charge is 0.251 e. The molecule has 1 saturated heterocycles. The molecule has 228 valence electrons. The number of likely N-dealkylation sites (tertiary alicyclic amines) is 1. The third-order valence-corrected chi connectivity index (χ3v) is 8.90. The van der Waals surface area contributed by atoms with Crippen molar-refractivity contribution in [1.82, 2.24) is 35.6 Å². The van der Waals surface area contributed by atoms with Gasteiger partial charge in [-0.2, -0.15) is 20.4 Å². The molecule has 0 unspecified atom stereocenters. The molecule has 43 heavy (non-hydrogen) atoms. The zero-order chi connectivity index (χ0) is 29.9. The van der Waals surface area contributed by atoms with Crippen molar-refractivity contribution < 1.29 is 14.3 Å². The molecule has 4 heterocycles. The van der Waals surface area contributed by atoms with Crippen molar-refractivity contribution >= 4 is 35.0 Å². The van der Waals surface area contributed by atoms with Gasteiger partial charge in [0, 0.05) is 44.3 Å². The van der Waals surface area contributed by atoms with Gasteiger partial charge in [-0.1, -0.05) is 19.8 Å². The Morgan fingerprint density at radius 1 is 1.14 bits per heavy atom. The molecule has 0 bridgehead atoms. The number of hydrogen-bond acceptors (Lipinski definition) is 10. The Morgan fingerprint density at radius 3 is 2.63 bits per heavy atom. The van der Waals surface area contributed by atoms with E-state index in [-0.39, 0.29) is 29.9 Å². The molecule has 0 spiro atoms. The number of nitrogens with one attached hydrogen (secondary N) is 3. The van der Waals surface area contributed by atoms with Gasteiger partial charge in [-0.15, -0.1) is 0 Å². The minimum Gasteiger partial charge on any atom is -0.495 e. The summed E-state index contributed by atoms with van der Waals surface area (Å²) in [7, 11) is 3.37. The van der Waals surface area contributed by atoms with E-state index < -0.39 is 0 Å². The second-order valence-corrected chi connectivity index (χ2v) is 11.6. The molecule has 2 aromatic heterocycles. The van der Waals surface area contributed by atoms with Gasteiger partial charge in [-0.05, 0) is 50.3 Å². The summed E-state index contributed by atoms with van der Waals surface area (Å²) in [6.45, 7) is 4.57. The topological polar surface area (TPSA) is 144 Å². The summed E-state index contributed by atoms with van der Waals surface area (Å²) >= 11 is 0. The zero-order valence-corrected chi connectivity index (χ0v) is 25.0. The molecular formula is C30H40N10O3. The number of methoxy groups -OCH3 is 1. The molecule has 2 fully saturated rings. The Labute approximate surface area is 251 Å². The van der Waals surface area contributed by atoms with Gasteiger partial charge in [-0.25, -0.2) is 4.98 Å². The first-order valence-electron chi connectivity index (χ1n) is 15.2. The fraction of sp³-hybridized carbons (Fsp3) is 0.533. The van der Waals surface area contributed by atoms with Gasteiger partial charge < -0.3 is 25.2 Å². The van der Waals surface area contributed by atoms with Crippen LogP contribution in [0.1, 0.15) is 67.9 Å². The predicted octanol–water partition coefficient (Wildman–Crippen LogP) is 3.25. The van der Waals surface area contributed by atoms with Crippen LogP contribution in [0.25, 0.3) is 0 Å². The molecule has 1 saturated carbocycles. The molecule has 1 aromatic carbocycles. The average molecular weight is 589 g/mol. The molecular weight excluding hydrogens is 548 g/mol. The number of amides is 2. The normalized spacial score (nSPS) is 19.9. The lowest BCUT2D eigenvalue weighted by Crippen LogP contribution is -2.55. The second kappa shape index (κ2) is 12.5. The van der Waals surface area contributed by atoms with E-state index in [2.05, 4.69) is 47.8 Å². The van der Waals surface area contributed by atoms with Crippen LogP contribution in [0.4, 0.5) is 23.1 Å². The van der Waals surface area contributed by atoms with Crippen LogP contribution >= 0.6 is 0 Å². The van der Waals surface area contributed by atoms with E-state index in [1.54, 1.807) is 43.6 Å². The Morgan fingerprint density at radius 2 is 1.93 bits per heavy atom. The minimum absolute atomic E-state index is 0.0823. The van der Waals surface area contributed by atoms with E-state index in [1.165, 1.54) is 0 Å². The maximum Gasteiger partial charge on any atom is 0.251 e. The summed E-state index contributed by atoms with van der Waals surface area (Å²) in [5.41, 5.74) is 2.81. The van der Waals surface area contributed by atoms with E-state index in [1.807, 2.05) is 6.07 Å². The third-order valence-electron chi connectivity index (χ3n) is 8.90. The number of aromatic amines is 1. The minimum atomic E-state index is -0.239. The van der Waals surface area contributed by atoms with Gasteiger partial charge in [0.15, 0.2) is 5.82 Å². The number of aromatic nitrogens is 5. The number of carbonyl (C=O) groups excluding carboxylic acids is 2. The molecule has 3 N–H and O–H groups in total. The summed E-state index contributed by atoms with van der Waals surface area (Å²) in [6, 6.07) is 5.49. The van der Waals surface area contributed by atoms with Gasteiger partial charge in [0.25, 0.3) is 5.91 Å². The molecule has 1 aliphatic carbocycles. The number of fused-ring (bicyclic) bond motifs is 1. The fourth-order valence-corrected chi connectivity index (χ4v) is 6.53. The molecule has 3 aromatic rings. The van der Waals surface area contributed by atoms with Crippen LogP contribution in [0.5, 0.6) is 5.75 Å². The Hall–Kier alpha value is -4.26. The molecule has 0 radical (unpaired) electrons. The first-order chi connectivity index (χ1) is 20.9. The van der Waals surface area contributed by atoms with Crippen LogP contribution in [0, 0.1) is 0 Å². The standard InChI is InChI=1S/C30H40N10O3/c1-4-24-29(42)38(2)25-17-31-30(35-27(25)40(24)22-7-5-6-8-22)34-23-10-9-19(15-26(23)43-3)28(41)33-20-11-13-39(14-12-20)18-21-16-32-37-36-21/h9-10,15-17,20,22,24H,4-8,11-14,18H2,1-3H3,(H,33,41)(H,31,34,35)(H,32,36,37)/t24-/m1/s1. The van der Waals surface area contributed by atoms with E-state index >= 15 is 0 Å². The van der Waals surface area contributed by atoms with E-state index in [9.17, 15) is 9.59 Å². The van der Waals surface area contributed by atoms with Crippen LogP contribution in [-0.2, 0) is 11.3 Å². The molecule has 2 amide bonds. The number of nitrogens with zero attached hydrogens (tertiary/aromatic N) is 7. The van der Waals surface area contributed by atoms with Crippen molar-refractivity contribution in [2.75, 3.05) is 42.4 Å². The van der Waals surface area contributed by atoms with Crippen LogP contribution in [0.3, 0.4) is 0 Å². The lowest BCUT2D eigenvalue weighted by molar-refractivity contribution is -0.120. The molecule has 6 rings (SSSR count). The summed E-state index contributed by atoms with van der Waals surface area (Å²) in [4.78, 5) is 42.0. The largest absolute Gasteiger partial charge is 0.495 e. The highest BCUT2D eigenvalue weighted by Gasteiger charge is 2.41. The maximum absolute atomic E-state index is 13.2. The molecule has 13 heteroatoms. The number of anilines is 4. The third kappa shape index (κ3) is 5.99. The summed E-state index contributed by atoms with van der Waals surface area (Å²) in [5.74, 6) is 1.66. The number of ether oxygens (including phenoxy) is 1. The van der Waals surface area contributed by atoms with Crippen molar-refractivity contribution in [2.45, 2.75) is 76.5 Å². The second-order valence-electron chi connectivity index (χ2n) is 11.6. The number of likely N-dealkylation sites (N-methyl/N-ethyl adjacent to an activating group) is 1. The SMILES string of the molecule is CC[C@@H]1C(=O)N(C)c2cnc(Nc3ccc(C(=O)NC4CCN(Cc5cn[nH]n5)CC4)cc3OC)nc2N1C1CCCC1. The van der Waals surface area contributed by atoms with Crippen molar-refractivity contribution in [3.63, 3.8) is 0 Å². The van der Waals surface area contributed by atoms with Crippen molar-refractivity contribution in [3.05, 3.63) is 41.9 Å². The van der Waals surface area contributed by atoms with Gasteiger partial charge in [0.2, 0.25) is 11.9 Å². The van der Waals surface area contributed by atoms with Crippen molar-refractivity contribution in [1.29, 1.82) is 0 Å². The fourth-order valence-electron chi connectivity index (χ4n) is 6.53. The first-order valence-corrected chi connectivity index (χ1v) is 15.2. The van der Waals surface area contributed by atoms with E-state index in [4.69, 9.17) is 9.72 Å². The number of rotatable bonds is 9. The van der Waals surface area contributed by atoms with Gasteiger partial charge in [-0.3, -0.25) is 14.5 Å². The highest BCUT2D eigenvalue weighted by Crippen LogP contribution is 2.40. The Bertz CT molecular complexity index is 1430. The molecule has 1 atom stereocenters. The van der Waals surface area contributed by atoms with Crippen LogP contribution in [0.2, 0.25) is 0 Å². The van der Waals surface area contributed by atoms with Crippen molar-refractivity contribution in [3.8, 4) is 5.75 Å². The summed E-state index contributed by atoms with van der Waals surface area (Å²) < 4.78 is 5.66. The zero-order valence-electron chi connectivity index (χ0n) is 25.0. The highest BCUT2D eigenvalue weighted by molar-refractivity contribution is 6.04. The van der Waals surface area contributed by atoms with Gasteiger partial charge in [0.05, 0.1) is 30.9 Å². The van der Waals surface area contributed by atoms with Crippen molar-refractivity contribution in [2.24, 2.45) is 0 Å². The molecule has 2 aliphatic heterocycles. The lowest BCUT2D eigenvalue weighted by atomic mass is 10.0. The van der Waals surface area contributed by atoms with E-state index in [0.717, 1.165) is 75.4 Å². The summed E-state index contributed by atoms with van der Waals surface area (Å²) in [6.07, 6.45) is 10.3. The Kier molecular flexibility index (Phi) is 8.41. The maximum atomic E-state index is 13.2. The van der Waals surface area contributed by atoms with Crippen LogP contribution < -0.4 is 25.2 Å². The van der Waals surface area contributed by atoms with E-state index in [0.29, 0.717) is 29.4 Å². The van der Waals surface area contributed by atoms with Crippen LogP contribution in [0.15, 0.2) is 30.6 Å². The molecule has 3 aliphatic rings. The first kappa shape index (κ1) is 28.8. The monoisotopic (exact) mass is 588 g/mol. The Balaban J connectivity index is 1.14. The lowest BCUT2D eigenvalue weighted by Gasteiger charge is -2.43. The molecule has 13 nitrogen and oxygen atoms in total. The van der Waals surface area contributed by atoms with Crippen LogP contribution in [-0.4, -0.2) is 87.5 Å². The average Bonchev–Trinajstić information content (AvgIpc) is 3.75. The van der Waals surface area contributed by atoms with Gasteiger partial charge in [0.1, 0.15) is 17.5 Å². The number of piperidine rings is 1. The highest BCUT2D eigenvalue weighted by atomic mass is 16.5. The number of benzene rings is 1. The summed E-state index contributed by atoms with van der Waals surface area (Å²) in [5, 5.41) is 17.1. The number of hydrogen-bond donors (Lipinski definition) is 3. The van der Waals surface area contributed by atoms with Gasteiger partial charge >= 0.3 is 0 Å². The predicted molar refractivity (Wildman–Crippen MR) is 163 cm³/mol. The number of H-pyrrole nitrogens is 1.